The lowest BCUT2D eigenvalue weighted by molar-refractivity contribution is 0.398. The molecule has 1 aliphatic carbocycles. The summed E-state index contributed by atoms with van der Waals surface area (Å²) in [6, 6.07) is 7.35. The summed E-state index contributed by atoms with van der Waals surface area (Å²) in [6.45, 7) is 0.277. The number of hydrogen-bond donors (Lipinski definition) is 1. The second kappa shape index (κ2) is 5.40. The minimum absolute atomic E-state index is 0.0436. The number of nitrogens with two attached hydrogens (primary N) is 1. The first-order valence-corrected chi connectivity index (χ1v) is 8.90. The van der Waals surface area contributed by atoms with Gasteiger partial charge >= 0.3 is 0 Å². The van der Waals surface area contributed by atoms with Crippen molar-refractivity contribution in [3.63, 3.8) is 0 Å². The predicted octanol–water partition coefficient (Wildman–Crippen LogP) is 2.82. The van der Waals surface area contributed by atoms with Gasteiger partial charge in [0.1, 0.15) is 10.7 Å². The fourth-order valence-electron chi connectivity index (χ4n) is 2.17. The van der Waals surface area contributed by atoms with Crippen molar-refractivity contribution in [2.24, 2.45) is 0 Å². The molecule has 1 heterocycles. The van der Waals surface area contributed by atoms with Crippen molar-refractivity contribution in [1.82, 2.24) is 4.31 Å². The maximum Gasteiger partial charge on any atom is 0.246 e. The average molecular weight is 326 g/mol. The molecular weight excluding hydrogens is 311 g/mol. The van der Waals surface area contributed by atoms with Crippen LogP contribution < -0.4 is 5.73 Å². The van der Waals surface area contributed by atoms with E-state index in [1.54, 1.807) is 0 Å². The molecule has 0 bridgehead atoms. The first-order valence-electron chi connectivity index (χ1n) is 6.58. The molecule has 1 saturated carbocycles. The molecule has 1 aliphatic rings. The van der Waals surface area contributed by atoms with Crippen molar-refractivity contribution in [3.8, 4) is 0 Å². The van der Waals surface area contributed by atoms with Crippen LogP contribution in [0.1, 0.15) is 17.7 Å². The average Bonchev–Trinajstić information content (AvgIpc) is 3.14. The molecule has 21 heavy (non-hydrogen) atoms. The fourth-order valence-corrected chi connectivity index (χ4v) is 4.72. The number of nitrogens with zero attached hydrogens (tertiary/aromatic N) is 1. The summed E-state index contributed by atoms with van der Waals surface area (Å²) in [5, 5.41) is 1.90. The number of halogens is 1. The van der Waals surface area contributed by atoms with Crippen molar-refractivity contribution in [1.29, 1.82) is 0 Å². The standard InChI is InChI=1S/C14H15FN2O2S2/c15-13-6-3-10(16)8-14(13)21(18,19)17(11-4-5-11)9-12-2-1-7-20-12/h1-3,6-8,11H,4-5,9,16H2. The predicted molar refractivity (Wildman–Crippen MR) is 80.9 cm³/mol. The van der Waals surface area contributed by atoms with Crippen LogP contribution in [-0.4, -0.2) is 18.8 Å². The summed E-state index contributed by atoms with van der Waals surface area (Å²) in [5.41, 5.74) is 5.84. The first-order chi connectivity index (χ1) is 9.98. The summed E-state index contributed by atoms with van der Waals surface area (Å²) in [7, 11) is -3.88. The van der Waals surface area contributed by atoms with Crippen molar-refractivity contribution in [2.75, 3.05) is 5.73 Å². The topological polar surface area (TPSA) is 63.4 Å². The van der Waals surface area contributed by atoms with Gasteiger partial charge in [0.25, 0.3) is 0 Å². The number of benzene rings is 1. The normalized spacial score (nSPS) is 15.5. The SMILES string of the molecule is Nc1ccc(F)c(S(=O)(=O)N(Cc2cccs2)C2CC2)c1. The number of sulfonamides is 1. The molecule has 0 radical (unpaired) electrons. The van der Waals surface area contributed by atoms with Gasteiger partial charge in [-0.3, -0.25) is 0 Å². The molecule has 0 unspecified atom stereocenters. The maximum absolute atomic E-state index is 13.9. The van der Waals surface area contributed by atoms with E-state index < -0.39 is 15.8 Å². The van der Waals surface area contributed by atoms with E-state index in [4.69, 9.17) is 5.73 Å². The monoisotopic (exact) mass is 326 g/mol. The highest BCUT2D eigenvalue weighted by atomic mass is 32.2. The number of thiophene rings is 1. The largest absolute Gasteiger partial charge is 0.399 e. The molecule has 112 valence electrons. The molecule has 2 N–H and O–H groups in total. The van der Waals surface area contributed by atoms with Gasteiger partial charge < -0.3 is 5.73 Å². The van der Waals surface area contributed by atoms with Crippen molar-refractivity contribution in [2.45, 2.75) is 30.3 Å². The Balaban J connectivity index is 1.99. The van der Waals surface area contributed by atoms with Crippen LogP contribution in [0.2, 0.25) is 0 Å². The third-order valence-electron chi connectivity index (χ3n) is 3.39. The van der Waals surface area contributed by atoms with Crippen LogP contribution in [0.25, 0.3) is 0 Å². The van der Waals surface area contributed by atoms with E-state index in [1.165, 1.54) is 27.8 Å². The van der Waals surface area contributed by atoms with Gasteiger partial charge in [0.05, 0.1) is 0 Å². The number of nitrogen functional groups attached to an aromatic ring is 1. The van der Waals surface area contributed by atoms with Crippen LogP contribution >= 0.6 is 11.3 Å². The van der Waals surface area contributed by atoms with Crippen LogP contribution in [0, 0.1) is 5.82 Å². The van der Waals surface area contributed by atoms with Crippen LogP contribution in [0.3, 0.4) is 0 Å². The Morgan fingerprint density at radius 3 is 2.71 bits per heavy atom. The van der Waals surface area contributed by atoms with Crippen LogP contribution in [0.5, 0.6) is 0 Å². The Kier molecular flexibility index (Phi) is 3.73. The lowest BCUT2D eigenvalue weighted by atomic mass is 10.3. The van der Waals surface area contributed by atoms with Gasteiger partial charge in [-0.05, 0) is 42.5 Å². The zero-order chi connectivity index (χ0) is 15.0. The maximum atomic E-state index is 13.9. The lowest BCUT2D eigenvalue weighted by Crippen LogP contribution is -2.33. The van der Waals surface area contributed by atoms with Gasteiger partial charge in [-0.25, -0.2) is 12.8 Å². The highest BCUT2D eigenvalue weighted by molar-refractivity contribution is 7.89. The van der Waals surface area contributed by atoms with Gasteiger partial charge in [0.15, 0.2) is 0 Å². The van der Waals surface area contributed by atoms with Crippen LogP contribution in [0.4, 0.5) is 10.1 Å². The molecule has 3 rings (SSSR count). The van der Waals surface area contributed by atoms with E-state index >= 15 is 0 Å². The summed E-state index contributed by atoms with van der Waals surface area (Å²) in [5.74, 6) is -0.763. The molecular formula is C14H15FN2O2S2. The fraction of sp³-hybridized carbons (Fsp3) is 0.286. The number of anilines is 1. The van der Waals surface area contributed by atoms with E-state index in [9.17, 15) is 12.8 Å². The minimum atomic E-state index is -3.88. The summed E-state index contributed by atoms with van der Waals surface area (Å²) in [4.78, 5) is 0.598. The molecule has 0 spiro atoms. The smallest absolute Gasteiger partial charge is 0.246 e. The zero-order valence-corrected chi connectivity index (χ0v) is 12.8. The Morgan fingerprint density at radius 2 is 2.10 bits per heavy atom. The lowest BCUT2D eigenvalue weighted by Gasteiger charge is -2.21. The summed E-state index contributed by atoms with van der Waals surface area (Å²) < 4.78 is 40.8. The molecule has 7 heteroatoms. The van der Waals surface area contributed by atoms with Crippen molar-refractivity contribution < 1.29 is 12.8 Å². The molecule has 4 nitrogen and oxygen atoms in total. The molecule has 0 atom stereocenters. The van der Waals surface area contributed by atoms with Crippen molar-refractivity contribution in [3.05, 3.63) is 46.4 Å². The van der Waals surface area contributed by atoms with Crippen molar-refractivity contribution >= 4 is 27.0 Å². The molecule has 2 aromatic rings. The van der Waals surface area contributed by atoms with E-state index in [-0.39, 0.29) is 23.2 Å². The van der Waals surface area contributed by atoms with Crippen LogP contribution in [0.15, 0.2) is 40.6 Å². The third-order valence-corrected chi connectivity index (χ3v) is 6.16. The summed E-state index contributed by atoms with van der Waals surface area (Å²) in [6.07, 6.45) is 1.63. The van der Waals surface area contributed by atoms with Gasteiger partial charge in [-0.15, -0.1) is 11.3 Å². The van der Waals surface area contributed by atoms with E-state index in [2.05, 4.69) is 0 Å². The summed E-state index contributed by atoms with van der Waals surface area (Å²) >= 11 is 1.49. The van der Waals surface area contributed by atoms with E-state index in [0.29, 0.717) is 0 Å². The van der Waals surface area contributed by atoms with Gasteiger partial charge in [0.2, 0.25) is 10.0 Å². The third kappa shape index (κ3) is 2.95. The van der Waals surface area contributed by atoms with E-state index in [0.717, 1.165) is 23.8 Å². The Labute approximate surface area is 127 Å². The van der Waals surface area contributed by atoms with Gasteiger partial charge in [0, 0.05) is 23.2 Å². The Hall–Kier alpha value is -1.44. The quantitative estimate of drug-likeness (QED) is 0.859. The van der Waals surface area contributed by atoms with Crippen LogP contribution in [-0.2, 0) is 16.6 Å². The van der Waals surface area contributed by atoms with Gasteiger partial charge in [-0.2, -0.15) is 4.31 Å². The number of hydrogen-bond acceptors (Lipinski definition) is 4. The second-order valence-corrected chi connectivity index (χ2v) is 7.94. The number of rotatable bonds is 5. The Bertz CT molecular complexity index is 740. The van der Waals surface area contributed by atoms with Gasteiger partial charge in [-0.1, -0.05) is 6.07 Å². The highest BCUT2D eigenvalue weighted by Gasteiger charge is 2.39. The zero-order valence-electron chi connectivity index (χ0n) is 11.2. The molecule has 0 aliphatic heterocycles. The molecule has 1 aromatic heterocycles. The van der Waals surface area contributed by atoms with E-state index in [1.807, 2.05) is 17.5 Å². The molecule has 1 fully saturated rings. The second-order valence-electron chi connectivity index (χ2n) is 5.05. The Morgan fingerprint density at radius 1 is 1.33 bits per heavy atom. The molecule has 0 amide bonds. The molecule has 0 saturated heterocycles. The highest BCUT2D eigenvalue weighted by Crippen LogP contribution is 2.35. The first kappa shape index (κ1) is 14.5. The minimum Gasteiger partial charge on any atom is -0.399 e. The molecule has 1 aromatic carbocycles.